The number of hydroxylamine groups is 2. The van der Waals surface area contributed by atoms with Crippen LogP contribution >= 0.6 is 0 Å². The van der Waals surface area contributed by atoms with Crippen molar-refractivity contribution in [2.24, 2.45) is 5.73 Å². The first-order valence-corrected chi connectivity index (χ1v) is 25.3. The predicted octanol–water partition coefficient (Wildman–Crippen LogP) is 4.62. The Kier molecular flexibility index (Phi) is 30.8. The SMILES string of the molecule is CCCN(OCC)C(=O)C1=Cc2ccc(-c3ccc(C(=O)N4CCC[C@@H]4C(=O)CCCOCCOCCOCCOCCOCCOCCOCCOCCOCCOCCC(=O)O)nc3)cc2C=C(N)C1. The van der Waals surface area contributed by atoms with E-state index in [9.17, 15) is 19.2 Å². The van der Waals surface area contributed by atoms with Crippen molar-refractivity contribution in [1.29, 1.82) is 0 Å². The number of hydrogen-bond donors (Lipinski definition) is 2. The number of aromatic nitrogens is 1. The highest BCUT2D eigenvalue weighted by molar-refractivity contribution is 5.99. The van der Waals surface area contributed by atoms with Crippen molar-refractivity contribution in [2.45, 2.75) is 64.8 Å². The van der Waals surface area contributed by atoms with Gasteiger partial charge >= 0.3 is 5.97 Å². The largest absolute Gasteiger partial charge is 0.481 e. The van der Waals surface area contributed by atoms with E-state index >= 15 is 0 Å². The van der Waals surface area contributed by atoms with Gasteiger partial charge < -0.3 is 63.1 Å². The molecular weight excluding hydrogens is 937 g/mol. The van der Waals surface area contributed by atoms with Crippen molar-refractivity contribution >= 4 is 35.7 Å². The van der Waals surface area contributed by atoms with Gasteiger partial charge in [-0.15, -0.1) is 0 Å². The van der Waals surface area contributed by atoms with Crippen molar-refractivity contribution in [3.8, 4) is 11.1 Å². The zero-order chi connectivity index (χ0) is 51.4. The number of benzene rings is 1. The van der Waals surface area contributed by atoms with E-state index in [1.54, 1.807) is 17.2 Å². The fourth-order valence-electron chi connectivity index (χ4n) is 7.54. The Labute approximate surface area is 424 Å². The number of likely N-dealkylation sites (tertiary alicyclic amines) is 1. The number of carbonyl (C=O) groups is 4. The van der Waals surface area contributed by atoms with Crippen LogP contribution in [0.5, 0.6) is 0 Å². The fourth-order valence-corrected chi connectivity index (χ4v) is 7.54. The summed E-state index contributed by atoms with van der Waals surface area (Å²) >= 11 is 0. The van der Waals surface area contributed by atoms with Crippen LogP contribution in [0.2, 0.25) is 0 Å². The van der Waals surface area contributed by atoms with Crippen LogP contribution in [0.25, 0.3) is 23.3 Å². The number of Topliss-reactive ketones (excluding diaryl/α,β-unsaturated/α-hetero) is 1. The molecule has 1 fully saturated rings. The Hall–Kier alpha value is -4.71. The zero-order valence-electron chi connectivity index (χ0n) is 42.4. The Morgan fingerprint density at radius 1 is 0.653 bits per heavy atom. The summed E-state index contributed by atoms with van der Waals surface area (Å²) < 4.78 is 54.6. The van der Waals surface area contributed by atoms with Crippen LogP contribution in [-0.2, 0) is 66.6 Å². The summed E-state index contributed by atoms with van der Waals surface area (Å²) in [4.78, 5) is 62.3. The number of fused-ring (bicyclic) bond motifs is 1. The Morgan fingerprint density at radius 3 is 1.65 bits per heavy atom. The lowest BCUT2D eigenvalue weighted by Gasteiger charge is -2.23. The average molecular weight is 1020 g/mol. The average Bonchev–Trinajstić information content (AvgIpc) is 3.81. The van der Waals surface area contributed by atoms with Crippen molar-refractivity contribution in [2.75, 3.05) is 152 Å². The molecule has 2 aliphatic rings. The van der Waals surface area contributed by atoms with Crippen LogP contribution in [0.3, 0.4) is 0 Å². The number of ketones is 1. The molecule has 20 nitrogen and oxygen atoms in total. The maximum Gasteiger partial charge on any atom is 0.305 e. The summed E-state index contributed by atoms with van der Waals surface area (Å²) in [5, 5.41) is 9.93. The monoisotopic (exact) mass is 1010 g/mol. The maximum absolute atomic E-state index is 13.6. The zero-order valence-corrected chi connectivity index (χ0v) is 42.4. The van der Waals surface area contributed by atoms with Gasteiger partial charge in [-0.25, -0.2) is 5.06 Å². The van der Waals surface area contributed by atoms with Crippen LogP contribution in [-0.4, -0.2) is 201 Å². The van der Waals surface area contributed by atoms with Gasteiger partial charge in [0.05, 0.1) is 145 Å². The molecular formula is C52H78N4O16. The molecule has 1 saturated heterocycles. The summed E-state index contributed by atoms with van der Waals surface area (Å²) in [7, 11) is 0. The lowest BCUT2D eigenvalue weighted by Crippen LogP contribution is -2.40. The second kappa shape index (κ2) is 37.1. The van der Waals surface area contributed by atoms with E-state index in [0.29, 0.717) is 182 Å². The fraction of sp³-hybridized carbons (Fsp3) is 0.635. The van der Waals surface area contributed by atoms with Crippen molar-refractivity contribution in [1.82, 2.24) is 14.9 Å². The molecule has 20 heteroatoms. The third-order valence-corrected chi connectivity index (χ3v) is 11.1. The highest BCUT2D eigenvalue weighted by Crippen LogP contribution is 2.30. The number of ether oxygens (including phenoxy) is 10. The first-order chi connectivity index (χ1) is 35.2. The topological polar surface area (TPSA) is 235 Å². The number of pyridine rings is 1. The number of hydrogen-bond acceptors (Lipinski definition) is 17. The molecule has 2 heterocycles. The number of allylic oxidation sites excluding steroid dienone is 1. The molecule has 0 bridgehead atoms. The van der Waals surface area contributed by atoms with Crippen LogP contribution in [0.1, 0.15) is 80.4 Å². The molecule has 1 aromatic carbocycles. The standard InChI is InChI=1S/C52H78N4O16/c1-3-14-56(72-4-2)51(60)45-37-42-10-9-41(36-44(42)38-46(53)39-45)43-11-12-47(54-40-43)52(61)55-15-5-7-48(55)49(57)8-6-16-62-18-20-64-22-24-66-26-28-68-30-32-70-34-35-71-33-31-69-29-27-67-25-23-65-21-19-63-17-13-50(58)59/h9-12,36-38,40,48H,3-8,13-35,39,53H2,1-2H3,(H,58,59)/t48-/m1/s1. The third-order valence-electron chi connectivity index (χ3n) is 11.1. The Bertz CT molecular complexity index is 1930. The predicted molar refractivity (Wildman–Crippen MR) is 267 cm³/mol. The molecule has 0 radical (unpaired) electrons. The quantitative estimate of drug-likeness (QED) is 0.0682. The summed E-state index contributed by atoms with van der Waals surface area (Å²) in [5.41, 5.74) is 11.2. The molecule has 2 amide bonds. The summed E-state index contributed by atoms with van der Waals surface area (Å²) in [6, 6.07) is 8.99. The summed E-state index contributed by atoms with van der Waals surface area (Å²) in [6.07, 6.45) is 8.74. The van der Waals surface area contributed by atoms with Gasteiger partial charge in [-0.3, -0.25) is 29.0 Å². The van der Waals surface area contributed by atoms with Gasteiger partial charge in [0.15, 0.2) is 5.78 Å². The van der Waals surface area contributed by atoms with Crippen LogP contribution < -0.4 is 5.73 Å². The molecule has 1 atom stereocenters. The highest BCUT2D eigenvalue weighted by atomic mass is 16.7. The van der Waals surface area contributed by atoms with Crippen molar-refractivity contribution < 1.29 is 76.5 Å². The number of amides is 2. The summed E-state index contributed by atoms with van der Waals surface area (Å²) in [5.74, 6) is -1.31. The van der Waals surface area contributed by atoms with Crippen molar-refractivity contribution in [3.05, 3.63) is 64.6 Å². The van der Waals surface area contributed by atoms with Gasteiger partial charge in [-0.1, -0.05) is 25.1 Å². The van der Waals surface area contributed by atoms with Crippen molar-refractivity contribution in [3.63, 3.8) is 0 Å². The minimum absolute atomic E-state index is 0.0147. The number of carboxylic acids is 1. The first-order valence-electron chi connectivity index (χ1n) is 25.3. The number of carboxylic acid groups (broad SMARTS) is 1. The minimum Gasteiger partial charge on any atom is -0.481 e. The van der Waals surface area contributed by atoms with E-state index in [2.05, 4.69) is 4.98 Å². The second-order valence-electron chi connectivity index (χ2n) is 16.7. The van der Waals surface area contributed by atoms with E-state index in [4.69, 9.17) is 63.0 Å². The molecule has 0 spiro atoms. The number of aliphatic carboxylic acids is 1. The van der Waals surface area contributed by atoms with Gasteiger partial charge in [-0.2, -0.15) is 0 Å². The van der Waals surface area contributed by atoms with Crippen LogP contribution in [0.15, 0.2) is 47.8 Å². The molecule has 4 rings (SSSR count). The Balaban J connectivity index is 0.950. The number of nitrogens with two attached hydrogens (primary N) is 1. The van der Waals surface area contributed by atoms with E-state index in [1.165, 1.54) is 5.06 Å². The minimum atomic E-state index is -0.884. The number of rotatable bonds is 42. The van der Waals surface area contributed by atoms with Crippen LogP contribution in [0, 0.1) is 0 Å². The van der Waals surface area contributed by atoms with Gasteiger partial charge in [0, 0.05) is 55.6 Å². The molecule has 3 N–H and O–H groups in total. The van der Waals surface area contributed by atoms with E-state index < -0.39 is 12.0 Å². The molecule has 2 aromatic rings. The maximum atomic E-state index is 13.6. The number of carbonyl (C=O) groups excluding carboxylic acids is 3. The van der Waals surface area contributed by atoms with Gasteiger partial charge in [0.1, 0.15) is 5.69 Å². The molecule has 0 saturated carbocycles. The third kappa shape index (κ3) is 23.9. The second-order valence-corrected chi connectivity index (χ2v) is 16.7. The molecule has 1 aliphatic carbocycles. The lowest BCUT2D eigenvalue weighted by atomic mass is 9.99. The van der Waals surface area contributed by atoms with Gasteiger partial charge in [0.2, 0.25) is 0 Å². The van der Waals surface area contributed by atoms with E-state index in [-0.39, 0.29) is 36.3 Å². The molecule has 402 valence electrons. The molecule has 72 heavy (non-hydrogen) atoms. The van der Waals surface area contributed by atoms with Crippen LogP contribution in [0.4, 0.5) is 0 Å². The molecule has 0 unspecified atom stereocenters. The molecule has 1 aromatic heterocycles. The lowest BCUT2D eigenvalue weighted by molar-refractivity contribution is -0.180. The van der Waals surface area contributed by atoms with E-state index in [0.717, 1.165) is 35.1 Å². The van der Waals surface area contributed by atoms with Gasteiger partial charge in [-0.05, 0) is 73.6 Å². The summed E-state index contributed by atoms with van der Waals surface area (Å²) in [6.45, 7) is 13.7. The van der Waals surface area contributed by atoms with Gasteiger partial charge in [0.25, 0.3) is 11.8 Å². The number of nitrogens with zero attached hydrogens (tertiary/aromatic N) is 3. The highest BCUT2D eigenvalue weighted by Gasteiger charge is 2.34. The Morgan fingerprint density at radius 2 is 1.17 bits per heavy atom. The molecule has 1 aliphatic heterocycles. The first kappa shape index (κ1) is 59.8. The smallest absolute Gasteiger partial charge is 0.305 e. The normalized spacial score (nSPS) is 14.5. The van der Waals surface area contributed by atoms with E-state index in [1.807, 2.05) is 50.3 Å².